The van der Waals surface area contributed by atoms with E-state index in [2.05, 4.69) is 9.99 Å². The molecule has 0 radical (unpaired) electrons. The molecular weight excluding hydrogens is 353 g/mol. The van der Waals surface area contributed by atoms with E-state index in [1.54, 1.807) is 0 Å². The van der Waals surface area contributed by atoms with Gasteiger partial charge < -0.3 is 20.5 Å². The molecule has 0 unspecified atom stereocenters. The topological polar surface area (TPSA) is 132 Å². The number of hydrogen-bond acceptors (Lipinski definition) is 7. The van der Waals surface area contributed by atoms with Gasteiger partial charge in [0.25, 0.3) is 0 Å². The summed E-state index contributed by atoms with van der Waals surface area (Å²) in [5, 5.41) is 13.3. The lowest BCUT2D eigenvalue weighted by Crippen LogP contribution is -2.33. The molecule has 0 aromatic carbocycles. The van der Waals surface area contributed by atoms with E-state index in [4.69, 9.17) is 15.7 Å². The molecule has 0 saturated carbocycles. The highest BCUT2D eigenvalue weighted by Gasteiger charge is 2.14. The number of amidine groups is 1. The number of halogens is 2. The molecular formula is C12H23Cl2N3O6. The van der Waals surface area contributed by atoms with Crippen molar-refractivity contribution in [1.82, 2.24) is 5.06 Å². The monoisotopic (exact) mass is 375 g/mol. The summed E-state index contributed by atoms with van der Waals surface area (Å²) >= 11 is 0. The Balaban J connectivity index is -0.00000200. The summed E-state index contributed by atoms with van der Waals surface area (Å²) in [7, 11) is 0. The van der Waals surface area contributed by atoms with E-state index < -0.39 is 23.9 Å². The number of hydroxylamine groups is 2. The molecule has 9 nitrogen and oxygen atoms in total. The average molecular weight is 376 g/mol. The molecule has 0 aliphatic rings. The van der Waals surface area contributed by atoms with Crippen LogP contribution in [0.15, 0.2) is 5.16 Å². The van der Waals surface area contributed by atoms with Crippen LogP contribution >= 0.6 is 24.8 Å². The number of hydrogen-bond donors (Lipinski definition) is 2. The minimum Gasteiger partial charge on any atom is -0.480 e. The van der Waals surface area contributed by atoms with Gasteiger partial charge in [-0.2, -0.15) is 5.06 Å². The van der Waals surface area contributed by atoms with Crippen molar-refractivity contribution in [2.75, 3.05) is 6.54 Å². The van der Waals surface area contributed by atoms with Gasteiger partial charge in [-0.1, -0.05) is 5.16 Å². The van der Waals surface area contributed by atoms with Crippen molar-refractivity contribution in [2.24, 2.45) is 10.9 Å². The quantitative estimate of drug-likeness (QED) is 0.222. The Labute approximate surface area is 146 Å². The summed E-state index contributed by atoms with van der Waals surface area (Å²) in [6, 6.07) is -0.914. The molecule has 136 valence electrons. The van der Waals surface area contributed by atoms with Gasteiger partial charge >= 0.3 is 17.9 Å². The summed E-state index contributed by atoms with van der Waals surface area (Å²) in [6.45, 7) is 4.21. The molecule has 3 N–H and O–H groups in total. The fourth-order valence-electron chi connectivity index (χ4n) is 1.35. The van der Waals surface area contributed by atoms with Crippen LogP contribution in [0.25, 0.3) is 0 Å². The number of carbonyl (C=O) groups excluding carboxylic acids is 2. The van der Waals surface area contributed by atoms with Gasteiger partial charge in [0.2, 0.25) is 0 Å². The zero-order valence-electron chi connectivity index (χ0n) is 13.2. The fourth-order valence-corrected chi connectivity index (χ4v) is 1.35. The molecule has 0 aliphatic carbocycles. The molecule has 0 aromatic rings. The Morgan fingerprint density at radius 2 is 1.70 bits per heavy atom. The molecule has 0 heterocycles. The van der Waals surface area contributed by atoms with Crippen LogP contribution in [-0.2, 0) is 24.1 Å². The fraction of sp³-hybridized carbons (Fsp3) is 0.667. The molecule has 0 fully saturated rings. The maximum absolute atomic E-state index is 11.0. The number of carbonyl (C=O) groups is 3. The Hall–Kier alpha value is -1.58. The third kappa shape index (κ3) is 13.8. The lowest BCUT2D eigenvalue weighted by atomic mass is 10.1. The first-order chi connectivity index (χ1) is 9.73. The second kappa shape index (κ2) is 14.0. The number of nitrogens with two attached hydrogens (primary N) is 1. The second-order valence-electron chi connectivity index (χ2n) is 4.35. The standard InChI is InChI=1S/C12H21N3O6.2ClH/c1-8(14-20-9(2)16)15(21-10(3)17)7-5-4-6-11(13)12(18)19;;/h11H,4-7,13H2,1-3H3,(H,18,19);2*1H/b14-8+;;/t11-;;/m0../s1. The number of aliphatic carboxylic acids is 1. The molecule has 0 bridgehead atoms. The van der Waals surface area contributed by atoms with E-state index in [9.17, 15) is 14.4 Å². The van der Waals surface area contributed by atoms with Crippen molar-refractivity contribution in [3.8, 4) is 0 Å². The summed E-state index contributed by atoms with van der Waals surface area (Å²) < 4.78 is 0. The van der Waals surface area contributed by atoms with E-state index >= 15 is 0 Å². The molecule has 0 saturated heterocycles. The Morgan fingerprint density at radius 1 is 1.13 bits per heavy atom. The minimum atomic E-state index is -1.06. The summed E-state index contributed by atoms with van der Waals surface area (Å²) in [5.41, 5.74) is 5.38. The van der Waals surface area contributed by atoms with Crippen LogP contribution in [0.1, 0.15) is 40.0 Å². The minimum absolute atomic E-state index is 0. The SMILES string of the molecule is CC(=O)O/N=C(\C)N(CCCC[C@H](N)C(=O)O)OC(C)=O.Cl.Cl. The van der Waals surface area contributed by atoms with Crippen molar-refractivity contribution >= 4 is 48.6 Å². The van der Waals surface area contributed by atoms with Crippen LogP contribution in [0.3, 0.4) is 0 Å². The molecule has 0 amide bonds. The van der Waals surface area contributed by atoms with E-state index in [0.29, 0.717) is 19.3 Å². The normalized spacial score (nSPS) is 11.4. The third-order valence-electron chi connectivity index (χ3n) is 2.35. The molecule has 0 rings (SSSR count). The Bertz CT molecular complexity index is 420. The molecule has 23 heavy (non-hydrogen) atoms. The maximum Gasteiger partial charge on any atom is 0.332 e. The highest BCUT2D eigenvalue weighted by atomic mass is 35.5. The van der Waals surface area contributed by atoms with E-state index in [1.807, 2.05) is 0 Å². The molecule has 1 atom stereocenters. The number of rotatable bonds is 7. The van der Waals surface area contributed by atoms with Crippen molar-refractivity contribution in [2.45, 2.75) is 46.1 Å². The Kier molecular flexibility index (Phi) is 16.1. The van der Waals surface area contributed by atoms with Gasteiger partial charge in [0.1, 0.15) is 6.04 Å². The zero-order valence-corrected chi connectivity index (χ0v) is 14.8. The van der Waals surface area contributed by atoms with Crippen LogP contribution in [-0.4, -0.2) is 46.5 Å². The van der Waals surface area contributed by atoms with Gasteiger partial charge in [-0.25, -0.2) is 4.79 Å². The number of carboxylic acid groups (broad SMARTS) is 1. The largest absolute Gasteiger partial charge is 0.480 e. The van der Waals surface area contributed by atoms with Crippen LogP contribution in [0, 0.1) is 0 Å². The van der Waals surface area contributed by atoms with Gasteiger partial charge in [-0.05, 0) is 19.3 Å². The van der Waals surface area contributed by atoms with Gasteiger partial charge in [-0.3, -0.25) is 9.59 Å². The average Bonchev–Trinajstić information content (AvgIpc) is 2.38. The van der Waals surface area contributed by atoms with E-state index in [-0.39, 0.29) is 37.2 Å². The van der Waals surface area contributed by atoms with Crippen molar-refractivity contribution in [3.05, 3.63) is 0 Å². The van der Waals surface area contributed by atoms with Gasteiger partial charge in [0.15, 0.2) is 5.84 Å². The first-order valence-electron chi connectivity index (χ1n) is 6.40. The molecule has 11 heteroatoms. The van der Waals surface area contributed by atoms with Crippen LogP contribution in [0.5, 0.6) is 0 Å². The highest BCUT2D eigenvalue weighted by molar-refractivity contribution is 5.85. The third-order valence-corrected chi connectivity index (χ3v) is 2.35. The number of nitrogens with zero attached hydrogens (tertiary/aromatic N) is 2. The van der Waals surface area contributed by atoms with Gasteiger partial charge in [0.05, 0.1) is 6.54 Å². The van der Waals surface area contributed by atoms with Crippen molar-refractivity contribution in [3.63, 3.8) is 0 Å². The summed E-state index contributed by atoms with van der Waals surface area (Å²) in [6.07, 6.45) is 1.37. The Morgan fingerprint density at radius 3 is 2.13 bits per heavy atom. The molecule has 0 aromatic heterocycles. The first kappa shape index (κ1) is 26.3. The van der Waals surface area contributed by atoms with E-state index in [0.717, 1.165) is 0 Å². The predicted molar refractivity (Wildman–Crippen MR) is 87.3 cm³/mol. The van der Waals surface area contributed by atoms with Crippen LogP contribution < -0.4 is 5.73 Å². The predicted octanol–water partition coefficient (Wildman–Crippen LogP) is 1.09. The van der Waals surface area contributed by atoms with Gasteiger partial charge in [0, 0.05) is 20.8 Å². The maximum atomic E-state index is 11.0. The number of oxime groups is 1. The van der Waals surface area contributed by atoms with Crippen LogP contribution in [0.2, 0.25) is 0 Å². The second-order valence-corrected chi connectivity index (χ2v) is 4.35. The van der Waals surface area contributed by atoms with E-state index in [1.165, 1.54) is 25.8 Å². The molecule has 0 aliphatic heterocycles. The lowest BCUT2D eigenvalue weighted by Gasteiger charge is -2.21. The van der Waals surface area contributed by atoms with Gasteiger partial charge in [-0.15, -0.1) is 24.8 Å². The van der Waals surface area contributed by atoms with Crippen molar-refractivity contribution < 1.29 is 29.2 Å². The molecule has 0 spiro atoms. The van der Waals surface area contributed by atoms with Crippen LogP contribution in [0.4, 0.5) is 0 Å². The lowest BCUT2D eigenvalue weighted by molar-refractivity contribution is -0.170. The first-order valence-corrected chi connectivity index (χ1v) is 6.40. The zero-order chi connectivity index (χ0) is 16.4. The highest BCUT2D eigenvalue weighted by Crippen LogP contribution is 2.04. The number of carboxylic acids is 1. The van der Waals surface area contributed by atoms with Crippen molar-refractivity contribution in [1.29, 1.82) is 0 Å². The smallest absolute Gasteiger partial charge is 0.332 e. The summed E-state index contributed by atoms with van der Waals surface area (Å²) in [4.78, 5) is 41.6. The number of unbranched alkanes of at least 4 members (excludes halogenated alkanes) is 1. The summed E-state index contributed by atoms with van der Waals surface area (Å²) in [5.74, 6) is -2.00.